The number of halogens is 1. The van der Waals surface area contributed by atoms with Crippen LogP contribution < -0.4 is 11.1 Å². The number of amides is 1. The number of benzene rings is 1. The molecule has 7 heteroatoms. The molecule has 0 aliphatic carbocycles. The van der Waals surface area contributed by atoms with Crippen LogP contribution in [-0.4, -0.2) is 48.0 Å². The van der Waals surface area contributed by atoms with Gasteiger partial charge in [-0.05, 0) is 57.0 Å². The Labute approximate surface area is 166 Å². The number of rotatable bonds is 3. The van der Waals surface area contributed by atoms with Gasteiger partial charge in [0.2, 0.25) is 0 Å². The molecule has 1 saturated heterocycles. The van der Waals surface area contributed by atoms with Crippen LogP contribution in [0.15, 0.2) is 24.3 Å². The highest BCUT2D eigenvalue weighted by Gasteiger charge is 2.15. The third-order valence-electron chi connectivity index (χ3n) is 4.76. The maximum atomic E-state index is 12.9. The van der Waals surface area contributed by atoms with Gasteiger partial charge >= 0.3 is 0 Å². The number of nitrogens with zero attached hydrogens (tertiary/aromatic N) is 3. The topological polar surface area (TPSA) is 84.1 Å². The summed E-state index contributed by atoms with van der Waals surface area (Å²) in [6, 6.07) is 6.03. The fourth-order valence-corrected chi connectivity index (χ4v) is 3.25. The first kappa shape index (κ1) is 21.8. The molecule has 6 nitrogen and oxygen atoms in total. The van der Waals surface area contributed by atoms with E-state index in [1.54, 1.807) is 19.1 Å². The Balaban J connectivity index is 0.000000292. The zero-order valence-electron chi connectivity index (χ0n) is 17.1. The number of nitrogens with one attached hydrogen (secondary N) is 1. The molecule has 1 aliphatic rings. The lowest BCUT2D eigenvalue weighted by molar-refractivity contribution is 0.0957. The Morgan fingerprint density at radius 1 is 1.32 bits per heavy atom. The largest absolute Gasteiger partial charge is 0.382 e. The molecule has 0 radical (unpaired) electrons. The number of nitrogens with two attached hydrogens (primary N) is 1. The number of hydrogen-bond acceptors (Lipinski definition) is 5. The minimum absolute atomic E-state index is 0.249. The number of likely N-dealkylation sites (tertiary alicyclic amines) is 1. The summed E-state index contributed by atoms with van der Waals surface area (Å²) in [6.45, 7) is 6.62. The molecule has 1 atom stereocenters. The van der Waals surface area contributed by atoms with Crippen molar-refractivity contribution in [2.45, 2.75) is 33.1 Å². The van der Waals surface area contributed by atoms with Gasteiger partial charge in [0.15, 0.2) is 0 Å². The lowest BCUT2D eigenvalue weighted by Gasteiger charge is -2.26. The van der Waals surface area contributed by atoms with Crippen molar-refractivity contribution in [2.24, 2.45) is 5.92 Å². The zero-order chi connectivity index (χ0) is 20.7. The van der Waals surface area contributed by atoms with Gasteiger partial charge < -0.3 is 16.0 Å². The molecule has 1 aromatic carbocycles. The Morgan fingerprint density at radius 3 is 2.54 bits per heavy atom. The van der Waals surface area contributed by atoms with Gasteiger partial charge in [-0.2, -0.15) is 0 Å². The highest BCUT2D eigenvalue weighted by molar-refractivity contribution is 5.93. The maximum Gasteiger partial charge on any atom is 0.271 e. The number of aryl methyl sites for hydroxylation is 1. The first-order chi connectivity index (χ1) is 13.3. The lowest BCUT2D eigenvalue weighted by Crippen LogP contribution is -2.30. The van der Waals surface area contributed by atoms with Gasteiger partial charge in [0, 0.05) is 20.0 Å². The molecule has 0 spiro atoms. The number of carbonyl (C=O) groups is 1. The molecule has 3 rings (SSSR count). The predicted octanol–water partition coefficient (Wildman–Crippen LogP) is 2.80. The van der Waals surface area contributed by atoms with Gasteiger partial charge in [-0.1, -0.05) is 19.1 Å². The number of hydrogen-bond donors (Lipinski definition) is 2. The summed E-state index contributed by atoms with van der Waals surface area (Å²) in [4.78, 5) is 22.5. The molecular formula is C21H30FN5O. The highest BCUT2D eigenvalue weighted by Crippen LogP contribution is 2.16. The summed E-state index contributed by atoms with van der Waals surface area (Å²) in [6.07, 6.45) is 3.23. The van der Waals surface area contributed by atoms with Crippen molar-refractivity contribution >= 4 is 11.7 Å². The molecule has 1 aliphatic heterocycles. The highest BCUT2D eigenvalue weighted by atomic mass is 19.1. The van der Waals surface area contributed by atoms with Gasteiger partial charge in [-0.25, -0.2) is 14.4 Å². The van der Waals surface area contributed by atoms with Crippen LogP contribution in [-0.2, 0) is 6.42 Å². The van der Waals surface area contributed by atoms with E-state index in [4.69, 9.17) is 5.73 Å². The van der Waals surface area contributed by atoms with Crippen molar-refractivity contribution in [3.8, 4) is 0 Å². The smallest absolute Gasteiger partial charge is 0.271 e. The van der Waals surface area contributed by atoms with E-state index >= 15 is 0 Å². The van der Waals surface area contributed by atoms with E-state index < -0.39 is 0 Å². The summed E-state index contributed by atoms with van der Waals surface area (Å²) < 4.78 is 12.9. The van der Waals surface area contributed by atoms with Crippen LogP contribution in [0.3, 0.4) is 0 Å². The Morgan fingerprint density at radius 2 is 2.00 bits per heavy atom. The molecule has 0 bridgehead atoms. The monoisotopic (exact) mass is 387 g/mol. The summed E-state index contributed by atoms with van der Waals surface area (Å²) in [5.41, 5.74) is 7.90. The zero-order valence-corrected chi connectivity index (χ0v) is 17.1. The van der Waals surface area contributed by atoms with E-state index in [0.717, 1.165) is 11.5 Å². The van der Waals surface area contributed by atoms with Gasteiger partial charge in [0.25, 0.3) is 5.91 Å². The number of piperidine rings is 1. The molecule has 1 unspecified atom stereocenters. The SMILES string of the molecule is CC1CCCN(C)C1.CNC(=O)c1nc(Cc2ccc(F)cc2)c(N)nc1C. The molecule has 2 aromatic rings. The average Bonchev–Trinajstić information content (AvgIpc) is 2.65. The standard InChI is InChI=1S/C14H15FN4O.C7H15N/c1-8-12(14(20)17-2)19-11(13(16)18-8)7-9-3-5-10(15)6-4-9;1-7-4-3-5-8(2)6-7/h3-6H,7H2,1-2H3,(H2,16,18)(H,17,20);7H,3-6H2,1-2H3. The van der Waals surface area contributed by atoms with Crippen LogP contribution in [0.2, 0.25) is 0 Å². The van der Waals surface area contributed by atoms with Gasteiger partial charge in [0.1, 0.15) is 17.3 Å². The van der Waals surface area contributed by atoms with E-state index in [1.807, 2.05) is 0 Å². The molecule has 1 amide bonds. The molecule has 2 heterocycles. The fraction of sp³-hybridized carbons (Fsp3) is 0.476. The molecule has 152 valence electrons. The van der Waals surface area contributed by atoms with E-state index in [2.05, 4.69) is 34.2 Å². The third-order valence-corrected chi connectivity index (χ3v) is 4.76. The summed E-state index contributed by atoms with van der Waals surface area (Å²) in [7, 11) is 3.73. The molecular weight excluding hydrogens is 357 g/mol. The Bertz CT molecular complexity index is 786. The maximum absolute atomic E-state index is 12.9. The lowest BCUT2D eigenvalue weighted by atomic mass is 10.0. The van der Waals surface area contributed by atoms with Crippen molar-refractivity contribution in [1.82, 2.24) is 20.2 Å². The van der Waals surface area contributed by atoms with Crippen LogP contribution in [0.4, 0.5) is 10.2 Å². The molecule has 1 fully saturated rings. The van der Waals surface area contributed by atoms with E-state index in [0.29, 0.717) is 17.8 Å². The van der Waals surface area contributed by atoms with Crippen molar-refractivity contribution < 1.29 is 9.18 Å². The Kier molecular flexibility index (Phi) is 7.87. The first-order valence-electron chi connectivity index (χ1n) is 9.58. The minimum atomic E-state index is -0.310. The third kappa shape index (κ3) is 6.27. The summed E-state index contributed by atoms with van der Waals surface area (Å²) in [5, 5.41) is 2.51. The fourth-order valence-electron chi connectivity index (χ4n) is 3.25. The molecule has 3 N–H and O–H groups in total. The second-order valence-electron chi connectivity index (χ2n) is 7.38. The second kappa shape index (κ2) is 10.1. The van der Waals surface area contributed by atoms with Crippen molar-refractivity contribution in [2.75, 3.05) is 32.9 Å². The summed E-state index contributed by atoms with van der Waals surface area (Å²) in [5.74, 6) is 0.603. The van der Waals surface area contributed by atoms with E-state index in [-0.39, 0.29) is 23.2 Å². The Hall–Kier alpha value is -2.54. The van der Waals surface area contributed by atoms with Crippen molar-refractivity contribution in [1.29, 1.82) is 0 Å². The van der Waals surface area contributed by atoms with Gasteiger partial charge in [0.05, 0.1) is 11.4 Å². The summed E-state index contributed by atoms with van der Waals surface area (Å²) >= 11 is 0. The minimum Gasteiger partial charge on any atom is -0.382 e. The average molecular weight is 388 g/mol. The molecule has 1 aromatic heterocycles. The normalized spacial score (nSPS) is 16.8. The molecule has 28 heavy (non-hydrogen) atoms. The first-order valence-corrected chi connectivity index (χ1v) is 9.58. The van der Waals surface area contributed by atoms with Gasteiger partial charge in [-0.15, -0.1) is 0 Å². The van der Waals surface area contributed by atoms with Crippen LogP contribution in [0.25, 0.3) is 0 Å². The van der Waals surface area contributed by atoms with Gasteiger partial charge in [-0.3, -0.25) is 4.79 Å². The second-order valence-corrected chi connectivity index (χ2v) is 7.38. The molecule has 0 saturated carbocycles. The van der Waals surface area contributed by atoms with E-state index in [9.17, 15) is 9.18 Å². The predicted molar refractivity (Wildman–Crippen MR) is 110 cm³/mol. The number of carbonyl (C=O) groups excluding carboxylic acids is 1. The van der Waals surface area contributed by atoms with Crippen molar-refractivity contribution in [3.63, 3.8) is 0 Å². The van der Waals surface area contributed by atoms with Crippen LogP contribution in [0.1, 0.15) is 47.2 Å². The van der Waals surface area contributed by atoms with Crippen LogP contribution in [0.5, 0.6) is 0 Å². The van der Waals surface area contributed by atoms with Crippen LogP contribution in [0, 0.1) is 18.7 Å². The quantitative estimate of drug-likeness (QED) is 0.846. The van der Waals surface area contributed by atoms with Crippen LogP contribution >= 0.6 is 0 Å². The number of aromatic nitrogens is 2. The number of anilines is 1. The number of nitrogen functional groups attached to an aromatic ring is 1. The van der Waals surface area contributed by atoms with E-state index in [1.165, 1.54) is 45.1 Å². The van der Waals surface area contributed by atoms with Crippen molar-refractivity contribution in [3.05, 3.63) is 52.7 Å².